The molecular formula is C16H14ClN3O2S. The molecule has 0 fully saturated rings. The number of halogens is 1. The molecule has 1 aromatic heterocycles. The van der Waals surface area contributed by atoms with E-state index < -0.39 is 0 Å². The first kappa shape index (κ1) is 15.7. The Morgan fingerprint density at radius 3 is 2.83 bits per heavy atom. The second-order valence-corrected chi connectivity index (χ2v) is 6.07. The van der Waals surface area contributed by atoms with Gasteiger partial charge in [0.2, 0.25) is 0 Å². The molecule has 1 heterocycles. The van der Waals surface area contributed by atoms with Crippen molar-refractivity contribution in [3.63, 3.8) is 0 Å². The fourth-order valence-electron chi connectivity index (χ4n) is 2.14. The van der Waals surface area contributed by atoms with E-state index in [1.807, 2.05) is 26.0 Å². The lowest BCUT2D eigenvalue weighted by Crippen LogP contribution is -2.21. The highest BCUT2D eigenvalue weighted by Gasteiger charge is 2.12. The minimum atomic E-state index is -0.249. The SMILES string of the molecule is Cc1cc(OCC(=O)Nc2c(C)ccc3nsnc23)ccc1Cl. The summed E-state index contributed by atoms with van der Waals surface area (Å²) in [4.78, 5) is 12.1. The Labute approximate surface area is 142 Å². The van der Waals surface area contributed by atoms with Gasteiger partial charge in [0.1, 0.15) is 16.8 Å². The summed E-state index contributed by atoms with van der Waals surface area (Å²) in [6.07, 6.45) is 0. The molecule has 0 spiro atoms. The van der Waals surface area contributed by atoms with E-state index in [2.05, 4.69) is 14.1 Å². The number of benzene rings is 2. The van der Waals surface area contributed by atoms with Crippen LogP contribution in [0.2, 0.25) is 5.02 Å². The van der Waals surface area contributed by atoms with Crippen molar-refractivity contribution in [2.45, 2.75) is 13.8 Å². The van der Waals surface area contributed by atoms with Crippen LogP contribution >= 0.6 is 23.3 Å². The van der Waals surface area contributed by atoms with E-state index >= 15 is 0 Å². The Kier molecular flexibility index (Phi) is 4.45. The molecule has 0 atom stereocenters. The third kappa shape index (κ3) is 3.43. The second-order valence-electron chi connectivity index (χ2n) is 5.14. The van der Waals surface area contributed by atoms with Gasteiger partial charge in [0.05, 0.1) is 17.4 Å². The molecule has 0 aliphatic heterocycles. The van der Waals surface area contributed by atoms with Crippen LogP contribution in [0.1, 0.15) is 11.1 Å². The number of carbonyl (C=O) groups is 1. The molecule has 1 amide bonds. The van der Waals surface area contributed by atoms with Crippen molar-refractivity contribution >= 4 is 46.0 Å². The van der Waals surface area contributed by atoms with Gasteiger partial charge in [0, 0.05) is 5.02 Å². The fraction of sp³-hybridized carbons (Fsp3) is 0.188. The highest BCUT2D eigenvalue weighted by Crippen LogP contribution is 2.25. The maximum atomic E-state index is 12.1. The van der Waals surface area contributed by atoms with Crippen LogP contribution in [0.15, 0.2) is 30.3 Å². The van der Waals surface area contributed by atoms with E-state index in [4.69, 9.17) is 16.3 Å². The van der Waals surface area contributed by atoms with Crippen LogP contribution < -0.4 is 10.1 Å². The summed E-state index contributed by atoms with van der Waals surface area (Å²) in [7, 11) is 0. The van der Waals surface area contributed by atoms with Crippen LogP contribution in [0.4, 0.5) is 5.69 Å². The molecule has 7 heteroatoms. The van der Waals surface area contributed by atoms with Crippen molar-refractivity contribution in [2.75, 3.05) is 11.9 Å². The van der Waals surface area contributed by atoms with Gasteiger partial charge in [-0.1, -0.05) is 17.7 Å². The predicted molar refractivity (Wildman–Crippen MR) is 92.5 cm³/mol. The average molecular weight is 348 g/mol. The number of fused-ring (bicyclic) bond motifs is 1. The van der Waals surface area contributed by atoms with Crippen LogP contribution in [-0.2, 0) is 4.79 Å². The lowest BCUT2D eigenvalue weighted by atomic mass is 10.1. The quantitative estimate of drug-likeness (QED) is 0.775. The van der Waals surface area contributed by atoms with Gasteiger partial charge < -0.3 is 10.1 Å². The minimum Gasteiger partial charge on any atom is -0.484 e. The van der Waals surface area contributed by atoms with Crippen LogP contribution in [-0.4, -0.2) is 21.3 Å². The van der Waals surface area contributed by atoms with Gasteiger partial charge in [0.15, 0.2) is 6.61 Å². The second kappa shape index (κ2) is 6.52. The third-order valence-electron chi connectivity index (χ3n) is 3.40. The monoisotopic (exact) mass is 347 g/mol. The van der Waals surface area contributed by atoms with E-state index in [9.17, 15) is 4.79 Å². The summed E-state index contributed by atoms with van der Waals surface area (Å²) in [5, 5.41) is 3.52. The van der Waals surface area contributed by atoms with E-state index in [0.717, 1.165) is 28.4 Å². The molecule has 23 heavy (non-hydrogen) atoms. The fourth-order valence-corrected chi connectivity index (χ4v) is 2.80. The van der Waals surface area contributed by atoms with Gasteiger partial charge in [-0.15, -0.1) is 0 Å². The summed E-state index contributed by atoms with van der Waals surface area (Å²) in [6.45, 7) is 3.71. The topological polar surface area (TPSA) is 64.1 Å². The third-order valence-corrected chi connectivity index (χ3v) is 4.37. The highest BCUT2D eigenvalue weighted by molar-refractivity contribution is 7.00. The van der Waals surface area contributed by atoms with Crippen LogP contribution in [0.5, 0.6) is 5.75 Å². The van der Waals surface area contributed by atoms with E-state index in [1.165, 1.54) is 0 Å². The molecule has 0 bridgehead atoms. The number of rotatable bonds is 4. The highest BCUT2D eigenvalue weighted by atomic mass is 35.5. The minimum absolute atomic E-state index is 0.0888. The molecule has 1 N–H and O–H groups in total. The summed E-state index contributed by atoms with van der Waals surface area (Å²) < 4.78 is 13.9. The largest absolute Gasteiger partial charge is 0.484 e. The standard InChI is InChI=1S/C16H14ClN3O2S/c1-9-3-6-13-16(20-23-19-13)15(9)18-14(21)8-22-11-4-5-12(17)10(2)7-11/h3-7H,8H2,1-2H3,(H,18,21). The molecule has 0 unspecified atom stereocenters. The molecule has 118 valence electrons. The van der Waals surface area contributed by atoms with Crippen molar-refractivity contribution in [3.05, 3.63) is 46.5 Å². The lowest BCUT2D eigenvalue weighted by Gasteiger charge is -2.10. The van der Waals surface area contributed by atoms with Gasteiger partial charge >= 0.3 is 0 Å². The van der Waals surface area contributed by atoms with Gasteiger partial charge in [-0.25, -0.2) is 0 Å². The number of ether oxygens (including phenoxy) is 1. The lowest BCUT2D eigenvalue weighted by molar-refractivity contribution is -0.118. The summed E-state index contributed by atoms with van der Waals surface area (Å²) in [6, 6.07) is 9.07. The number of aromatic nitrogens is 2. The molecule has 0 saturated heterocycles. The van der Waals surface area contributed by atoms with Crippen molar-refractivity contribution in [2.24, 2.45) is 0 Å². The number of aryl methyl sites for hydroxylation is 2. The molecule has 0 aliphatic rings. The Bertz CT molecular complexity index is 879. The molecule has 3 aromatic rings. The first-order valence-electron chi connectivity index (χ1n) is 6.95. The smallest absolute Gasteiger partial charge is 0.262 e. The van der Waals surface area contributed by atoms with Crippen LogP contribution in [0, 0.1) is 13.8 Å². The van der Waals surface area contributed by atoms with Crippen molar-refractivity contribution < 1.29 is 9.53 Å². The van der Waals surface area contributed by atoms with E-state index in [-0.39, 0.29) is 12.5 Å². The number of amides is 1. The molecule has 0 radical (unpaired) electrons. The van der Waals surface area contributed by atoms with E-state index in [0.29, 0.717) is 22.0 Å². The molecule has 2 aromatic carbocycles. The maximum absolute atomic E-state index is 12.1. The van der Waals surface area contributed by atoms with Crippen molar-refractivity contribution in [1.29, 1.82) is 0 Å². The Balaban J connectivity index is 1.70. The average Bonchev–Trinajstić information content (AvgIpc) is 3.00. The van der Waals surface area contributed by atoms with E-state index in [1.54, 1.807) is 18.2 Å². The van der Waals surface area contributed by atoms with Gasteiger partial charge in [-0.3, -0.25) is 4.79 Å². The summed E-state index contributed by atoms with van der Waals surface area (Å²) >= 11 is 7.09. The number of carbonyl (C=O) groups excluding carboxylic acids is 1. The normalized spacial score (nSPS) is 10.7. The number of nitrogens with zero attached hydrogens (tertiary/aromatic N) is 2. The van der Waals surface area contributed by atoms with Gasteiger partial charge in [0.25, 0.3) is 5.91 Å². The Morgan fingerprint density at radius 2 is 2.04 bits per heavy atom. The molecule has 0 saturated carbocycles. The zero-order valence-corrected chi connectivity index (χ0v) is 14.2. The molecule has 3 rings (SSSR count). The molecular weight excluding hydrogens is 334 g/mol. The summed E-state index contributed by atoms with van der Waals surface area (Å²) in [5.74, 6) is 0.355. The first-order chi connectivity index (χ1) is 11.0. The zero-order chi connectivity index (χ0) is 16.4. The zero-order valence-electron chi connectivity index (χ0n) is 12.6. The van der Waals surface area contributed by atoms with Crippen LogP contribution in [0.3, 0.4) is 0 Å². The Morgan fingerprint density at radius 1 is 1.22 bits per heavy atom. The molecule has 5 nitrogen and oxygen atoms in total. The van der Waals surface area contributed by atoms with Gasteiger partial charge in [-0.05, 0) is 49.2 Å². The van der Waals surface area contributed by atoms with Crippen LogP contribution in [0.25, 0.3) is 11.0 Å². The number of anilines is 1. The first-order valence-corrected chi connectivity index (χ1v) is 8.06. The molecule has 0 aliphatic carbocycles. The van der Waals surface area contributed by atoms with Gasteiger partial charge in [-0.2, -0.15) is 8.75 Å². The number of hydrogen-bond donors (Lipinski definition) is 1. The Hall–Kier alpha value is -2.18. The summed E-state index contributed by atoms with van der Waals surface area (Å²) in [5.41, 5.74) is 3.98. The maximum Gasteiger partial charge on any atom is 0.262 e. The predicted octanol–water partition coefficient (Wildman–Crippen LogP) is 3.98. The number of hydrogen-bond acceptors (Lipinski definition) is 5. The van der Waals surface area contributed by atoms with Crippen molar-refractivity contribution in [1.82, 2.24) is 8.75 Å². The van der Waals surface area contributed by atoms with Crippen molar-refractivity contribution in [3.8, 4) is 5.75 Å². The number of nitrogens with one attached hydrogen (secondary N) is 1.